The molecule has 3 N–H and O–H groups in total. The van der Waals surface area contributed by atoms with Crippen LogP contribution >= 0.6 is 0 Å². The number of rotatable bonds is 12. The number of hydrogen-bond acceptors (Lipinski definition) is 4. The molecule has 1 aliphatic heterocycles. The molecule has 1 aliphatic rings. The van der Waals surface area contributed by atoms with Gasteiger partial charge in [-0.25, -0.2) is 13.2 Å². The van der Waals surface area contributed by atoms with Crippen LogP contribution in [0, 0.1) is 18.7 Å². The number of ether oxygens (including phenoxy) is 1. The number of benzene rings is 2. The maximum Gasteiger partial charge on any atom is 0.307 e. The maximum atomic E-state index is 15.6. The smallest absolute Gasteiger partial charge is 0.307 e. The SMILES string of the molecule is Cc1c(OCCNCCCF)ccc(F)c1[C@@H]1c2[nH]c3ccccc3c2C[C@@H](C(F)F)N1CC(C)C(=O)O. The van der Waals surface area contributed by atoms with E-state index in [9.17, 15) is 23.1 Å². The van der Waals surface area contributed by atoms with Crippen molar-refractivity contribution in [2.45, 2.75) is 45.2 Å². The number of nitrogens with zero attached hydrogens (tertiary/aromatic N) is 1. The first-order chi connectivity index (χ1) is 18.2. The number of fused-ring (bicyclic) bond motifs is 3. The normalized spacial score (nSPS) is 18.6. The quantitative estimate of drug-likeness (QED) is 0.218. The Morgan fingerprint density at radius 1 is 1.24 bits per heavy atom. The summed E-state index contributed by atoms with van der Waals surface area (Å²) in [6, 6.07) is 7.80. The molecule has 6 nitrogen and oxygen atoms in total. The Morgan fingerprint density at radius 3 is 2.71 bits per heavy atom. The summed E-state index contributed by atoms with van der Waals surface area (Å²) in [4.78, 5) is 16.5. The zero-order valence-electron chi connectivity index (χ0n) is 21.4. The first-order valence-electron chi connectivity index (χ1n) is 12.8. The van der Waals surface area contributed by atoms with Gasteiger partial charge in [0.2, 0.25) is 0 Å². The van der Waals surface area contributed by atoms with Gasteiger partial charge in [-0.15, -0.1) is 0 Å². The first kappa shape index (κ1) is 27.9. The fraction of sp³-hybridized carbons (Fsp3) is 0.464. The molecule has 3 atom stereocenters. The molecule has 0 radical (unpaired) electrons. The van der Waals surface area contributed by atoms with E-state index in [1.165, 1.54) is 24.0 Å². The van der Waals surface area contributed by atoms with Gasteiger partial charge in [-0.1, -0.05) is 25.1 Å². The largest absolute Gasteiger partial charge is 0.492 e. The highest BCUT2D eigenvalue weighted by Gasteiger charge is 2.44. The number of carboxylic acid groups (broad SMARTS) is 1. The van der Waals surface area contributed by atoms with Crippen LogP contribution in [0.15, 0.2) is 36.4 Å². The fourth-order valence-corrected chi connectivity index (χ4v) is 5.25. The Hall–Kier alpha value is -3.11. The predicted molar refractivity (Wildman–Crippen MR) is 137 cm³/mol. The molecular formula is C28H33F4N3O3. The summed E-state index contributed by atoms with van der Waals surface area (Å²) >= 11 is 0. The summed E-state index contributed by atoms with van der Waals surface area (Å²) in [7, 11) is 0. The summed E-state index contributed by atoms with van der Waals surface area (Å²) in [5, 5.41) is 13.4. The van der Waals surface area contributed by atoms with Crippen molar-refractivity contribution in [3.05, 3.63) is 64.6 Å². The van der Waals surface area contributed by atoms with Crippen molar-refractivity contribution in [2.75, 3.05) is 32.9 Å². The molecule has 4 rings (SSSR count). The molecule has 3 aromatic rings. The van der Waals surface area contributed by atoms with Crippen molar-refractivity contribution in [3.8, 4) is 5.75 Å². The summed E-state index contributed by atoms with van der Waals surface area (Å²) in [6.07, 6.45) is -2.38. The van der Waals surface area contributed by atoms with Crippen LogP contribution < -0.4 is 10.1 Å². The van der Waals surface area contributed by atoms with E-state index in [-0.39, 0.29) is 25.1 Å². The van der Waals surface area contributed by atoms with E-state index in [1.54, 1.807) is 6.92 Å². The number of alkyl halides is 3. The van der Waals surface area contributed by atoms with Gasteiger partial charge < -0.3 is 20.1 Å². The lowest BCUT2D eigenvalue weighted by atomic mass is 9.85. The van der Waals surface area contributed by atoms with E-state index in [0.29, 0.717) is 42.1 Å². The molecule has 206 valence electrons. The lowest BCUT2D eigenvalue weighted by Crippen LogP contribution is -2.50. The topological polar surface area (TPSA) is 77.6 Å². The second-order valence-electron chi connectivity index (χ2n) is 9.73. The summed E-state index contributed by atoms with van der Waals surface area (Å²) < 4.78 is 62.9. The Kier molecular flexibility index (Phi) is 8.94. The maximum absolute atomic E-state index is 15.6. The number of carbonyl (C=O) groups is 1. The Balaban J connectivity index is 1.80. The molecule has 0 aliphatic carbocycles. The van der Waals surface area contributed by atoms with Gasteiger partial charge >= 0.3 is 5.97 Å². The Bertz CT molecular complexity index is 1270. The van der Waals surface area contributed by atoms with Gasteiger partial charge in [-0.05, 0) is 55.6 Å². The zero-order valence-corrected chi connectivity index (χ0v) is 21.4. The predicted octanol–water partition coefficient (Wildman–Crippen LogP) is 5.25. The van der Waals surface area contributed by atoms with E-state index in [4.69, 9.17) is 4.74 Å². The number of H-pyrrole nitrogens is 1. The Labute approximate surface area is 219 Å². The van der Waals surface area contributed by atoms with Crippen LogP contribution in [-0.2, 0) is 11.2 Å². The number of nitrogens with one attached hydrogen (secondary N) is 2. The number of carboxylic acids is 1. The van der Waals surface area contributed by atoms with E-state index in [2.05, 4.69) is 10.3 Å². The monoisotopic (exact) mass is 535 g/mol. The van der Waals surface area contributed by atoms with Crippen LogP contribution in [-0.4, -0.2) is 66.3 Å². The Morgan fingerprint density at radius 2 is 2.00 bits per heavy atom. The van der Waals surface area contributed by atoms with Crippen molar-refractivity contribution < 1.29 is 32.2 Å². The fourth-order valence-electron chi connectivity index (χ4n) is 5.25. The van der Waals surface area contributed by atoms with Crippen molar-refractivity contribution in [2.24, 2.45) is 5.92 Å². The third kappa shape index (κ3) is 5.66. The molecule has 0 bridgehead atoms. The van der Waals surface area contributed by atoms with Gasteiger partial charge in [0.15, 0.2) is 0 Å². The van der Waals surface area contributed by atoms with Crippen LogP contribution in [0.5, 0.6) is 5.75 Å². The minimum atomic E-state index is -2.78. The zero-order chi connectivity index (χ0) is 27.4. The first-order valence-corrected chi connectivity index (χ1v) is 12.8. The summed E-state index contributed by atoms with van der Waals surface area (Å²) in [6.45, 7) is 3.74. The number of aromatic nitrogens is 1. The number of para-hydroxylation sites is 1. The molecule has 1 aromatic heterocycles. The molecule has 0 saturated heterocycles. The number of aliphatic carboxylic acids is 1. The average Bonchev–Trinajstić information content (AvgIpc) is 3.26. The van der Waals surface area contributed by atoms with Crippen LogP contribution in [0.4, 0.5) is 17.6 Å². The van der Waals surface area contributed by atoms with E-state index >= 15 is 4.39 Å². The molecule has 10 heteroatoms. The number of hydrogen-bond donors (Lipinski definition) is 3. The second-order valence-corrected chi connectivity index (χ2v) is 9.73. The van der Waals surface area contributed by atoms with E-state index in [0.717, 1.165) is 10.9 Å². The van der Waals surface area contributed by atoms with Crippen LogP contribution in [0.2, 0.25) is 0 Å². The lowest BCUT2D eigenvalue weighted by molar-refractivity contribution is -0.142. The van der Waals surface area contributed by atoms with Crippen LogP contribution in [0.1, 0.15) is 41.8 Å². The highest BCUT2D eigenvalue weighted by atomic mass is 19.3. The van der Waals surface area contributed by atoms with Crippen molar-refractivity contribution >= 4 is 16.9 Å². The van der Waals surface area contributed by atoms with Gasteiger partial charge in [0.1, 0.15) is 18.2 Å². The molecule has 0 amide bonds. The highest BCUT2D eigenvalue weighted by molar-refractivity contribution is 5.85. The van der Waals surface area contributed by atoms with Gasteiger partial charge in [0.05, 0.1) is 24.7 Å². The van der Waals surface area contributed by atoms with Crippen molar-refractivity contribution in [1.29, 1.82) is 0 Å². The highest BCUT2D eigenvalue weighted by Crippen LogP contribution is 2.45. The molecule has 0 spiro atoms. The second kappa shape index (κ2) is 12.2. The van der Waals surface area contributed by atoms with Gasteiger partial charge in [-0.3, -0.25) is 14.1 Å². The molecular weight excluding hydrogens is 502 g/mol. The van der Waals surface area contributed by atoms with E-state index < -0.39 is 42.9 Å². The molecule has 2 aromatic carbocycles. The average molecular weight is 536 g/mol. The lowest BCUT2D eigenvalue weighted by Gasteiger charge is -2.43. The van der Waals surface area contributed by atoms with Crippen LogP contribution in [0.25, 0.3) is 10.9 Å². The van der Waals surface area contributed by atoms with Gasteiger partial charge in [0.25, 0.3) is 6.43 Å². The third-order valence-corrected chi connectivity index (χ3v) is 7.20. The number of aromatic amines is 1. The minimum Gasteiger partial charge on any atom is -0.492 e. The molecule has 1 unspecified atom stereocenters. The van der Waals surface area contributed by atoms with Gasteiger partial charge in [0, 0.05) is 35.2 Å². The molecule has 0 saturated carbocycles. The molecule has 2 heterocycles. The summed E-state index contributed by atoms with van der Waals surface area (Å²) in [5.74, 6) is -2.26. The molecule has 38 heavy (non-hydrogen) atoms. The third-order valence-electron chi connectivity index (χ3n) is 7.20. The summed E-state index contributed by atoms with van der Waals surface area (Å²) in [5.41, 5.74) is 2.62. The van der Waals surface area contributed by atoms with Crippen molar-refractivity contribution in [1.82, 2.24) is 15.2 Å². The van der Waals surface area contributed by atoms with Gasteiger partial charge in [-0.2, -0.15) is 0 Å². The standard InChI is InChI=1S/C28H33F4N3O3/c1-16(28(36)37)15-35-22(27(31)32)14-19-18-6-3-4-7-21(18)34-25(19)26(35)24-17(2)23(9-8-20(24)30)38-13-12-33-11-5-10-29/h3-4,6-9,16,22,26-27,33-34H,5,10-15H2,1-2H3,(H,36,37)/t16?,22-,26+/m0/s1. The van der Waals surface area contributed by atoms with E-state index in [1.807, 2.05) is 24.3 Å². The number of halogens is 4. The minimum absolute atomic E-state index is 0.00125. The van der Waals surface area contributed by atoms with Crippen molar-refractivity contribution in [3.63, 3.8) is 0 Å². The van der Waals surface area contributed by atoms with Crippen LogP contribution in [0.3, 0.4) is 0 Å². The molecule has 0 fully saturated rings.